The van der Waals surface area contributed by atoms with E-state index in [0.717, 1.165) is 4.88 Å². The minimum atomic E-state index is -0.392. The van der Waals surface area contributed by atoms with E-state index in [4.69, 9.17) is 4.74 Å². The minimum absolute atomic E-state index is 0.338. The van der Waals surface area contributed by atoms with E-state index in [9.17, 15) is 4.79 Å². The summed E-state index contributed by atoms with van der Waals surface area (Å²) < 4.78 is 6.28. The zero-order chi connectivity index (χ0) is 11.5. The molecule has 1 amide bonds. The Morgan fingerprint density at radius 3 is 2.88 bits per heavy atom. The first-order chi connectivity index (χ1) is 7.72. The maximum atomic E-state index is 11.0. The Kier molecular flexibility index (Phi) is 3.10. The number of thiophene rings is 1. The van der Waals surface area contributed by atoms with Crippen LogP contribution in [0.3, 0.4) is 0 Å². The van der Waals surface area contributed by atoms with Crippen LogP contribution in [0.15, 0.2) is 24.3 Å². The van der Waals surface area contributed by atoms with E-state index in [-0.39, 0.29) is 0 Å². The largest absolute Gasteiger partial charge is 0.444 e. The molecule has 0 atom stereocenters. The summed E-state index contributed by atoms with van der Waals surface area (Å²) in [6, 6.07) is 8.20. The number of carbonyl (C=O) groups excluding carboxylic acids is 1. The number of amides is 1. The van der Waals surface area contributed by atoms with Gasteiger partial charge in [0.15, 0.2) is 0 Å². The molecule has 0 spiro atoms. The average Bonchev–Trinajstić information content (AvgIpc) is 2.64. The fourth-order valence-electron chi connectivity index (χ4n) is 1.57. The van der Waals surface area contributed by atoms with Crippen molar-refractivity contribution in [3.8, 4) is 0 Å². The molecule has 2 aromatic rings. The van der Waals surface area contributed by atoms with Gasteiger partial charge in [-0.2, -0.15) is 0 Å². The van der Waals surface area contributed by atoms with E-state index in [2.05, 4.69) is 24.4 Å². The molecular weight excluding hydrogens is 222 g/mol. The van der Waals surface area contributed by atoms with Gasteiger partial charge in [-0.3, -0.25) is 0 Å². The summed E-state index contributed by atoms with van der Waals surface area (Å²) in [5.74, 6) is 0. The Labute approximate surface area is 98.0 Å². The van der Waals surface area contributed by atoms with Crippen molar-refractivity contribution in [2.75, 3.05) is 7.05 Å². The molecule has 0 radical (unpaired) electrons. The van der Waals surface area contributed by atoms with Gasteiger partial charge in [0, 0.05) is 16.6 Å². The smallest absolute Gasteiger partial charge is 0.407 e. The second kappa shape index (κ2) is 4.53. The molecule has 1 aromatic heterocycles. The van der Waals surface area contributed by atoms with Gasteiger partial charge in [-0.05, 0) is 23.9 Å². The van der Waals surface area contributed by atoms with Gasteiger partial charge in [0.1, 0.15) is 6.61 Å². The number of rotatable bonds is 2. The first-order valence-corrected chi connectivity index (χ1v) is 5.85. The summed E-state index contributed by atoms with van der Waals surface area (Å²) in [5.41, 5.74) is 1.20. The molecule has 0 saturated carbocycles. The summed E-state index contributed by atoms with van der Waals surface area (Å²) in [6.07, 6.45) is -0.392. The maximum absolute atomic E-state index is 11.0. The molecule has 0 aliphatic heterocycles. The third-order valence-corrected chi connectivity index (χ3v) is 3.73. The van der Waals surface area contributed by atoms with Gasteiger partial charge in [0.05, 0.1) is 0 Å². The molecule has 1 heterocycles. The first kappa shape index (κ1) is 11.0. The van der Waals surface area contributed by atoms with Crippen LogP contribution in [0.25, 0.3) is 10.1 Å². The Hall–Kier alpha value is -1.55. The SMILES string of the molecule is CNC(=O)OCc1sc2ccccc2c1C. The number of ether oxygens (including phenoxy) is 1. The Bertz CT molecular complexity index is 519. The van der Waals surface area contributed by atoms with Crippen molar-refractivity contribution >= 4 is 27.5 Å². The van der Waals surface area contributed by atoms with Crippen molar-refractivity contribution in [3.63, 3.8) is 0 Å². The standard InChI is InChI=1S/C12H13NO2S/c1-8-9-5-3-4-6-10(9)16-11(8)7-15-12(14)13-2/h3-6H,7H2,1-2H3,(H,13,14). The summed E-state index contributed by atoms with van der Waals surface area (Å²) in [5, 5.41) is 3.67. The quantitative estimate of drug-likeness (QED) is 0.868. The number of nitrogens with one attached hydrogen (secondary N) is 1. The van der Waals surface area contributed by atoms with Gasteiger partial charge < -0.3 is 10.1 Å². The molecule has 16 heavy (non-hydrogen) atoms. The van der Waals surface area contributed by atoms with Gasteiger partial charge in [0.2, 0.25) is 0 Å². The highest BCUT2D eigenvalue weighted by molar-refractivity contribution is 7.19. The molecule has 0 saturated heterocycles. The molecule has 3 nitrogen and oxygen atoms in total. The van der Waals surface area contributed by atoms with Gasteiger partial charge in [-0.15, -0.1) is 11.3 Å². The summed E-state index contributed by atoms with van der Waals surface area (Å²) in [4.78, 5) is 12.1. The predicted octanol–water partition coefficient (Wildman–Crippen LogP) is 3.07. The molecule has 0 unspecified atom stereocenters. The Balaban J connectivity index is 2.24. The van der Waals surface area contributed by atoms with Gasteiger partial charge in [-0.1, -0.05) is 18.2 Å². The normalized spacial score (nSPS) is 10.4. The van der Waals surface area contributed by atoms with E-state index in [1.165, 1.54) is 15.6 Å². The lowest BCUT2D eigenvalue weighted by Gasteiger charge is -2.02. The van der Waals surface area contributed by atoms with E-state index in [0.29, 0.717) is 6.61 Å². The minimum Gasteiger partial charge on any atom is -0.444 e. The van der Waals surface area contributed by atoms with E-state index < -0.39 is 6.09 Å². The van der Waals surface area contributed by atoms with Crippen LogP contribution in [-0.4, -0.2) is 13.1 Å². The molecule has 0 fully saturated rings. The third kappa shape index (κ3) is 2.02. The van der Waals surface area contributed by atoms with Crippen LogP contribution >= 0.6 is 11.3 Å². The Morgan fingerprint density at radius 2 is 2.19 bits per heavy atom. The molecule has 0 aliphatic rings. The maximum Gasteiger partial charge on any atom is 0.407 e. The molecular formula is C12H13NO2S. The first-order valence-electron chi connectivity index (χ1n) is 5.04. The van der Waals surface area contributed by atoms with Crippen molar-refractivity contribution in [2.45, 2.75) is 13.5 Å². The Morgan fingerprint density at radius 1 is 1.44 bits per heavy atom. The van der Waals surface area contributed by atoms with Crippen LogP contribution < -0.4 is 5.32 Å². The number of benzene rings is 1. The molecule has 1 aromatic carbocycles. The lowest BCUT2D eigenvalue weighted by Crippen LogP contribution is -2.18. The van der Waals surface area contributed by atoms with Crippen molar-refractivity contribution in [2.24, 2.45) is 0 Å². The van der Waals surface area contributed by atoms with E-state index in [1.807, 2.05) is 12.1 Å². The van der Waals surface area contributed by atoms with Crippen LogP contribution in [0.5, 0.6) is 0 Å². The summed E-state index contributed by atoms with van der Waals surface area (Å²) in [6.45, 7) is 2.40. The van der Waals surface area contributed by atoms with Gasteiger partial charge in [-0.25, -0.2) is 4.79 Å². The van der Waals surface area contributed by atoms with Crippen molar-refractivity contribution in [1.82, 2.24) is 5.32 Å². The number of alkyl carbamates (subject to hydrolysis) is 1. The number of fused-ring (bicyclic) bond motifs is 1. The second-order valence-corrected chi connectivity index (χ2v) is 4.61. The van der Waals surface area contributed by atoms with Gasteiger partial charge >= 0.3 is 6.09 Å². The predicted molar refractivity (Wildman–Crippen MR) is 65.8 cm³/mol. The lowest BCUT2D eigenvalue weighted by atomic mass is 10.1. The summed E-state index contributed by atoms with van der Waals surface area (Å²) >= 11 is 1.67. The molecule has 0 aliphatic carbocycles. The van der Waals surface area contributed by atoms with Crippen molar-refractivity contribution < 1.29 is 9.53 Å². The third-order valence-electron chi connectivity index (χ3n) is 2.48. The number of hydrogen-bond acceptors (Lipinski definition) is 3. The van der Waals surface area contributed by atoms with Crippen LogP contribution in [-0.2, 0) is 11.3 Å². The molecule has 4 heteroatoms. The summed E-state index contributed by atoms with van der Waals surface area (Å²) in [7, 11) is 1.56. The molecule has 1 N–H and O–H groups in total. The van der Waals surface area contributed by atoms with Crippen LogP contribution in [0, 0.1) is 6.92 Å². The van der Waals surface area contributed by atoms with Crippen LogP contribution in [0.2, 0.25) is 0 Å². The number of aryl methyl sites for hydroxylation is 1. The van der Waals surface area contributed by atoms with Crippen molar-refractivity contribution in [1.29, 1.82) is 0 Å². The van der Waals surface area contributed by atoms with E-state index >= 15 is 0 Å². The van der Waals surface area contributed by atoms with E-state index in [1.54, 1.807) is 18.4 Å². The highest BCUT2D eigenvalue weighted by atomic mass is 32.1. The highest BCUT2D eigenvalue weighted by Gasteiger charge is 2.09. The second-order valence-electron chi connectivity index (χ2n) is 3.47. The molecule has 0 bridgehead atoms. The van der Waals surface area contributed by atoms with Crippen LogP contribution in [0.4, 0.5) is 4.79 Å². The topological polar surface area (TPSA) is 38.3 Å². The van der Waals surface area contributed by atoms with Crippen molar-refractivity contribution in [3.05, 3.63) is 34.7 Å². The number of hydrogen-bond donors (Lipinski definition) is 1. The fourth-order valence-corrected chi connectivity index (χ4v) is 2.69. The number of carbonyl (C=O) groups is 1. The zero-order valence-corrected chi connectivity index (χ0v) is 10.1. The van der Waals surface area contributed by atoms with Gasteiger partial charge in [0.25, 0.3) is 0 Å². The zero-order valence-electron chi connectivity index (χ0n) is 9.24. The highest BCUT2D eigenvalue weighted by Crippen LogP contribution is 2.30. The molecule has 84 valence electrons. The van der Waals surface area contributed by atoms with Crippen LogP contribution in [0.1, 0.15) is 10.4 Å². The average molecular weight is 235 g/mol. The molecule has 2 rings (SSSR count). The lowest BCUT2D eigenvalue weighted by molar-refractivity contribution is 0.143. The fraction of sp³-hybridized carbons (Fsp3) is 0.250. The monoisotopic (exact) mass is 235 g/mol.